The minimum Gasteiger partial charge on any atom is -0.326 e. The molecule has 1 N–H and O–H groups in total. The fraction of sp³-hybridized carbons (Fsp3) is 0.440. The Labute approximate surface area is 209 Å². The summed E-state index contributed by atoms with van der Waals surface area (Å²) in [6.07, 6.45) is 3.17. The first-order valence-corrected chi connectivity index (χ1v) is 14.0. The van der Waals surface area contributed by atoms with Crippen LogP contribution in [-0.4, -0.2) is 44.2 Å². The van der Waals surface area contributed by atoms with Crippen LogP contribution in [0.15, 0.2) is 45.8 Å². The summed E-state index contributed by atoms with van der Waals surface area (Å²) in [4.78, 5) is 27.1. The molecule has 0 aromatic heterocycles. The lowest BCUT2D eigenvalue weighted by atomic mass is 9.98. The summed E-state index contributed by atoms with van der Waals surface area (Å²) < 4.78 is 29.1. The highest BCUT2D eigenvalue weighted by atomic mass is 79.9. The molecule has 2 aliphatic heterocycles. The third-order valence-corrected chi connectivity index (χ3v) is 9.43. The quantitative estimate of drug-likeness (QED) is 0.582. The molecule has 7 nitrogen and oxygen atoms in total. The van der Waals surface area contributed by atoms with Gasteiger partial charge in [0, 0.05) is 41.9 Å². The Kier molecular flexibility index (Phi) is 7.45. The molecular weight excluding hydrogens is 518 g/mol. The van der Waals surface area contributed by atoms with Crippen LogP contribution < -0.4 is 10.2 Å². The highest BCUT2D eigenvalue weighted by Gasteiger charge is 2.36. The van der Waals surface area contributed by atoms with E-state index in [0.717, 1.165) is 23.2 Å². The van der Waals surface area contributed by atoms with Crippen LogP contribution in [0.2, 0.25) is 0 Å². The van der Waals surface area contributed by atoms with Gasteiger partial charge >= 0.3 is 0 Å². The average Bonchev–Trinajstić information content (AvgIpc) is 3.25. The van der Waals surface area contributed by atoms with Crippen molar-refractivity contribution in [2.75, 3.05) is 29.9 Å². The van der Waals surface area contributed by atoms with Gasteiger partial charge in [-0.25, -0.2) is 8.42 Å². The monoisotopic (exact) mass is 547 g/mol. The Morgan fingerprint density at radius 2 is 1.94 bits per heavy atom. The number of aryl methyl sites for hydroxylation is 1. The van der Waals surface area contributed by atoms with Crippen molar-refractivity contribution in [1.82, 2.24) is 4.31 Å². The Balaban J connectivity index is 1.55. The van der Waals surface area contributed by atoms with Crippen LogP contribution in [0.5, 0.6) is 0 Å². The fourth-order valence-electron chi connectivity index (χ4n) is 4.66. The summed E-state index contributed by atoms with van der Waals surface area (Å²) in [5.41, 5.74) is 3.47. The number of piperidine rings is 1. The van der Waals surface area contributed by atoms with E-state index in [0.29, 0.717) is 48.9 Å². The molecule has 2 heterocycles. The molecule has 34 heavy (non-hydrogen) atoms. The topological polar surface area (TPSA) is 86.8 Å². The van der Waals surface area contributed by atoms with E-state index in [1.807, 2.05) is 24.3 Å². The van der Waals surface area contributed by atoms with E-state index >= 15 is 0 Å². The SMILES string of the molecule is CCC(=O)N1CCc2cc(Br)c(S(=O)(=O)N3CCCC(C(=O)Nc4cccc(CC)c4)C3)cc21. The van der Waals surface area contributed by atoms with Crippen LogP contribution in [0, 0.1) is 5.92 Å². The molecule has 9 heteroatoms. The predicted molar refractivity (Wildman–Crippen MR) is 136 cm³/mol. The van der Waals surface area contributed by atoms with Gasteiger partial charge in [0.05, 0.1) is 10.8 Å². The van der Waals surface area contributed by atoms with Gasteiger partial charge in [0.2, 0.25) is 21.8 Å². The zero-order valence-corrected chi connectivity index (χ0v) is 21.9. The van der Waals surface area contributed by atoms with E-state index in [1.165, 1.54) is 4.31 Å². The number of hydrogen-bond acceptors (Lipinski definition) is 4. The van der Waals surface area contributed by atoms with E-state index in [4.69, 9.17) is 0 Å². The van der Waals surface area contributed by atoms with Crippen LogP contribution in [0.3, 0.4) is 0 Å². The lowest BCUT2D eigenvalue weighted by Gasteiger charge is -2.31. The van der Waals surface area contributed by atoms with Crippen molar-refractivity contribution in [1.29, 1.82) is 0 Å². The van der Waals surface area contributed by atoms with Gasteiger partial charge in [-0.1, -0.05) is 26.0 Å². The van der Waals surface area contributed by atoms with Gasteiger partial charge in [0.1, 0.15) is 0 Å². The number of carbonyl (C=O) groups excluding carboxylic acids is 2. The van der Waals surface area contributed by atoms with Gasteiger partial charge in [-0.15, -0.1) is 0 Å². The largest absolute Gasteiger partial charge is 0.326 e. The Bertz CT molecular complexity index is 1210. The normalized spacial score (nSPS) is 18.6. The van der Waals surface area contributed by atoms with Gasteiger partial charge in [-0.05, 0) is 77.0 Å². The second-order valence-corrected chi connectivity index (χ2v) is 11.6. The summed E-state index contributed by atoms with van der Waals surface area (Å²) in [6.45, 7) is 4.90. The van der Waals surface area contributed by atoms with E-state index < -0.39 is 15.9 Å². The third kappa shape index (κ3) is 4.92. The van der Waals surface area contributed by atoms with Crippen molar-refractivity contribution >= 4 is 49.1 Å². The minimum absolute atomic E-state index is 0.0220. The molecule has 4 rings (SSSR count). The van der Waals surface area contributed by atoms with Gasteiger partial charge < -0.3 is 10.2 Å². The summed E-state index contributed by atoms with van der Waals surface area (Å²) >= 11 is 3.44. The van der Waals surface area contributed by atoms with Gasteiger partial charge in [0.25, 0.3) is 0 Å². The molecule has 1 fully saturated rings. The van der Waals surface area contributed by atoms with E-state index in [-0.39, 0.29) is 23.3 Å². The molecule has 0 radical (unpaired) electrons. The molecule has 0 bridgehead atoms. The molecule has 2 aromatic carbocycles. The smallest absolute Gasteiger partial charge is 0.244 e. The molecule has 0 saturated carbocycles. The Hall–Kier alpha value is -2.23. The number of rotatable bonds is 6. The van der Waals surface area contributed by atoms with Gasteiger partial charge in [0.15, 0.2) is 0 Å². The third-order valence-electron chi connectivity index (χ3n) is 6.61. The van der Waals surface area contributed by atoms with E-state index in [9.17, 15) is 18.0 Å². The number of hydrogen-bond donors (Lipinski definition) is 1. The van der Waals surface area contributed by atoms with Crippen LogP contribution in [0.1, 0.15) is 44.2 Å². The maximum Gasteiger partial charge on any atom is 0.244 e. The Morgan fingerprint density at radius 1 is 1.15 bits per heavy atom. The molecule has 0 spiro atoms. The minimum atomic E-state index is -3.85. The molecule has 1 saturated heterocycles. The molecule has 2 aromatic rings. The number of anilines is 2. The van der Waals surface area contributed by atoms with Crippen molar-refractivity contribution < 1.29 is 18.0 Å². The number of benzene rings is 2. The zero-order chi connectivity index (χ0) is 24.5. The highest BCUT2D eigenvalue weighted by molar-refractivity contribution is 9.10. The maximum absolute atomic E-state index is 13.6. The average molecular weight is 549 g/mol. The standard InChI is InChI=1S/C25H30BrN3O4S/c1-3-17-7-5-9-20(13-17)27-25(31)19-8-6-11-28(16-19)34(32,33)23-15-22-18(14-21(23)26)10-12-29(22)24(30)4-2/h5,7,9,13-15,19H,3-4,6,8,10-12,16H2,1-2H3,(H,27,31). The number of carbonyl (C=O) groups is 2. The molecular formula is C25H30BrN3O4S. The van der Waals surface area contributed by atoms with Gasteiger partial charge in [-0.2, -0.15) is 4.31 Å². The number of nitrogens with zero attached hydrogens (tertiary/aromatic N) is 2. The number of nitrogens with one attached hydrogen (secondary N) is 1. The number of sulfonamides is 1. The molecule has 1 atom stereocenters. The van der Waals surface area contributed by atoms with E-state index in [2.05, 4.69) is 28.2 Å². The summed E-state index contributed by atoms with van der Waals surface area (Å²) in [5.74, 6) is -0.618. The number of fused-ring (bicyclic) bond motifs is 1. The number of halogens is 1. The first-order chi connectivity index (χ1) is 16.2. The van der Waals surface area contributed by atoms with E-state index in [1.54, 1.807) is 24.0 Å². The van der Waals surface area contributed by atoms with Crippen LogP contribution in [-0.2, 0) is 32.5 Å². The molecule has 2 aliphatic rings. The summed E-state index contributed by atoms with van der Waals surface area (Å²) in [5, 5.41) is 2.95. The van der Waals surface area contributed by atoms with Crippen molar-refractivity contribution in [2.45, 2.75) is 50.8 Å². The van der Waals surface area contributed by atoms with Crippen molar-refractivity contribution in [2.24, 2.45) is 5.92 Å². The molecule has 1 unspecified atom stereocenters. The summed E-state index contributed by atoms with van der Waals surface area (Å²) in [6, 6.07) is 11.1. The fourth-order valence-corrected chi connectivity index (χ4v) is 7.26. The van der Waals surface area contributed by atoms with Crippen molar-refractivity contribution in [3.8, 4) is 0 Å². The lowest BCUT2D eigenvalue weighted by molar-refractivity contribution is -0.121. The first kappa shape index (κ1) is 24.9. The highest BCUT2D eigenvalue weighted by Crippen LogP contribution is 2.37. The maximum atomic E-state index is 13.6. The first-order valence-electron chi connectivity index (χ1n) is 11.8. The summed E-state index contributed by atoms with van der Waals surface area (Å²) in [7, 11) is -3.85. The predicted octanol–water partition coefficient (Wildman–Crippen LogP) is 4.35. The van der Waals surface area contributed by atoms with Crippen LogP contribution >= 0.6 is 15.9 Å². The van der Waals surface area contributed by atoms with Crippen LogP contribution in [0.4, 0.5) is 11.4 Å². The van der Waals surface area contributed by atoms with Crippen LogP contribution in [0.25, 0.3) is 0 Å². The van der Waals surface area contributed by atoms with Crippen molar-refractivity contribution in [3.63, 3.8) is 0 Å². The lowest BCUT2D eigenvalue weighted by Crippen LogP contribution is -2.43. The molecule has 0 aliphatic carbocycles. The second-order valence-electron chi connectivity index (χ2n) is 8.81. The van der Waals surface area contributed by atoms with Gasteiger partial charge in [-0.3, -0.25) is 9.59 Å². The van der Waals surface area contributed by atoms with Crippen molar-refractivity contribution in [3.05, 3.63) is 52.0 Å². The number of amides is 2. The molecule has 182 valence electrons. The second kappa shape index (κ2) is 10.2. The Morgan fingerprint density at radius 3 is 2.68 bits per heavy atom. The zero-order valence-electron chi connectivity index (χ0n) is 19.5. The molecule has 2 amide bonds.